The van der Waals surface area contributed by atoms with Crippen molar-refractivity contribution >= 4 is 39.7 Å². The van der Waals surface area contributed by atoms with Gasteiger partial charge in [0.2, 0.25) is 5.91 Å². The average Bonchev–Trinajstić information content (AvgIpc) is 3.10. The Balaban J connectivity index is 1.41. The van der Waals surface area contributed by atoms with Crippen LogP contribution in [-0.2, 0) is 17.0 Å². The number of amides is 1. The van der Waals surface area contributed by atoms with Gasteiger partial charge in [0.1, 0.15) is 0 Å². The Morgan fingerprint density at radius 1 is 1.32 bits per heavy atom. The zero-order chi connectivity index (χ0) is 17.2. The fourth-order valence-electron chi connectivity index (χ4n) is 3.08. The minimum atomic E-state index is -0.0712. The predicted molar refractivity (Wildman–Crippen MR) is 103 cm³/mol. The minimum absolute atomic E-state index is 0.0712. The lowest BCUT2D eigenvalue weighted by atomic mass is 10.0. The first-order valence-electron chi connectivity index (χ1n) is 8.14. The fraction of sp³-hybridized carbons (Fsp3) is 0.278. The van der Waals surface area contributed by atoms with Crippen LogP contribution >= 0.6 is 23.1 Å². The van der Waals surface area contributed by atoms with E-state index in [1.54, 1.807) is 12.3 Å². The van der Waals surface area contributed by atoms with Gasteiger partial charge in [-0.2, -0.15) is 0 Å². The van der Waals surface area contributed by atoms with Crippen LogP contribution in [0.15, 0.2) is 46.7 Å². The Labute approximate surface area is 153 Å². The number of aromatic nitrogens is 2. The van der Waals surface area contributed by atoms with Crippen molar-refractivity contribution in [1.82, 2.24) is 9.38 Å². The molecule has 0 bridgehead atoms. The number of nitrogens with zero attached hydrogens (tertiary/aromatic N) is 3. The molecule has 0 N–H and O–H groups in total. The summed E-state index contributed by atoms with van der Waals surface area (Å²) < 4.78 is 1.54. The number of fused-ring (bicyclic) bond motifs is 2. The third-order valence-electron chi connectivity index (χ3n) is 4.24. The maximum Gasteiger partial charge on any atom is 0.258 e. The average molecular weight is 371 g/mol. The van der Waals surface area contributed by atoms with E-state index in [-0.39, 0.29) is 11.5 Å². The summed E-state index contributed by atoms with van der Waals surface area (Å²) >= 11 is 2.94. The predicted octanol–water partition coefficient (Wildman–Crippen LogP) is 2.97. The summed E-state index contributed by atoms with van der Waals surface area (Å²) in [5.74, 6) is 1.07. The number of thioether (sulfide) groups is 1. The van der Waals surface area contributed by atoms with Gasteiger partial charge in [-0.25, -0.2) is 4.98 Å². The summed E-state index contributed by atoms with van der Waals surface area (Å²) in [5, 5.41) is 1.85. The van der Waals surface area contributed by atoms with E-state index in [4.69, 9.17) is 0 Å². The fourth-order valence-corrected chi connectivity index (χ4v) is 4.60. The lowest BCUT2D eigenvalue weighted by molar-refractivity contribution is -0.116. The van der Waals surface area contributed by atoms with Crippen molar-refractivity contribution in [3.63, 3.8) is 0 Å². The second-order valence-corrected chi connectivity index (χ2v) is 7.77. The summed E-state index contributed by atoms with van der Waals surface area (Å²) in [4.78, 5) is 31.7. The van der Waals surface area contributed by atoms with Gasteiger partial charge in [0.25, 0.3) is 5.56 Å². The highest BCUT2D eigenvalue weighted by atomic mass is 32.2. The topological polar surface area (TPSA) is 54.7 Å². The van der Waals surface area contributed by atoms with Crippen molar-refractivity contribution in [2.75, 3.05) is 17.2 Å². The molecule has 0 saturated heterocycles. The van der Waals surface area contributed by atoms with Gasteiger partial charge in [-0.15, -0.1) is 23.1 Å². The summed E-state index contributed by atoms with van der Waals surface area (Å²) in [6, 6.07) is 9.66. The maximum atomic E-state index is 12.6. The molecule has 1 aliphatic rings. The lowest BCUT2D eigenvalue weighted by Crippen LogP contribution is -2.36. The first kappa shape index (κ1) is 16.4. The molecule has 0 aliphatic carbocycles. The van der Waals surface area contributed by atoms with Crippen molar-refractivity contribution in [1.29, 1.82) is 0 Å². The molecule has 3 heterocycles. The van der Waals surface area contributed by atoms with Crippen LogP contribution in [0.2, 0.25) is 0 Å². The molecule has 0 spiro atoms. The van der Waals surface area contributed by atoms with Crippen LogP contribution in [-0.4, -0.2) is 27.6 Å². The number of aryl methyl sites for hydroxylation is 1. The monoisotopic (exact) mass is 371 g/mol. The molecule has 0 radical (unpaired) electrons. The number of thiazole rings is 1. The van der Waals surface area contributed by atoms with Gasteiger partial charge < -0.3 is 4.90 Å². The first-order chi connectivity index (χ1) is 12.2. The number of hydrogen-bond acceptors (Lipinski definition) is 5. The molecule has 0 unspecified atom stereocenters. The molecule has 128 valence electrons. The maximum absolute atomic E-state index is 12.6. The molecule has 4 rings (SSSR count). The zero-order valence-electron chi connectivity index (χ0n) is 13.6. The molecule has 1 aliphatic heterocycles. The van der Waals surface area contributed by atoms with E-state index in [1.165, 1.54) is 33.1 Å². The van der Waals surface area contributed by atoms with Gasteiger partial charge in [0.15, 0.2) is 4.96 Å². The second kappa shape index (κ2) is 7.01. The lowest BCUT2D eigenvalue weighted by Gasteiger charge is -2.29. The van der Waals surface area contributed by atoms with E-state index in [9.17, 15) is 9.59 Å². The molecule has 3 aromatic rings. The van der Waals surface area contributed by atoms with E-state index in [0.29, 0.717) is 16.5 Å². The normalized spacial score (nSPS) is 13.8. The van der Waals surface area contributed by atoms with Crippen LogP contribution < -0.4 is 10.5 Å². The number of hydrogen-bond donors (Lipinski definition) is 0. The summed E-state index contributed by atoms with van der Waals surface area (Å²) in [6.07, 6.45) is 3.76. The van der Waals surface area contributed by atoms with Crippen LogP contribution in [0, 0.1) is 0 Å². The van der Waals surface area contributed by atoms with Gasteiger partial charge in [0.05, 0.1) is 11.4 Å². The molecule has 1 amide bonds. The van der Waals surface area contributed by atoms with Gasteiger partial charge in [-0.3, -0.25) is 14.0 Å². The SMILES string of the molecule is O=C(CSCc1cc(=O)n2ccsc2n1)N1CCCc2ccccc21. The van der Waals surface area contributed by atoms with Crippen molar-refractivity contribution < 1.29 is 4.79 Å². The Bertz CT molecular complexity index is 980. The zero-order valence-corrected chi connectivity index (χ0v) is 15.2. The van der Waals surface area contributed by atoms with E-state index in [0.717, 1.165) is 30.8 Å². The highest BCUT2D eigenvalue weighted by molar-refractivity contribution is 7.99. The Morgan fingerprint density at radius 2 is 2.20 bits per heavy atom. The van der Waals surface area contributed by atoms with Crippen LogP contribution in [0.25, 0.3) is 4.96 Å². The highest BCUT2D eigenvalue weighted by Crippen LogP contribution is 2.27. The van der Waals surface area contributed by atoms with Gasteiger partial charge in [-0.05, 0) is 24.5 Å². The van der Waals surface area contributed by atoms with Crippen LogP contribution in [0.3, 0.4) is 0 Å². The molecule has 0 saturated carbocycles. The van der Waals surface area contributed by atoms with Crippen molar-refractivity contribution in [3.8, 4) is 0 Å². The summed E-state index contributed by atoms with van der Waals surface area (Å²) in [7, 11) is 0. The highest BCUT2D eigenvalue weighted by Gasteiger charge is 2.21. The molecule has 0 fully saturated rings. The van der Waals surface area contributed by atoms with Crippen molar-refractivity contribution in [2.24, 2.45) is 0 Å². The first-order valence-corrected chi connectivity index (χ1v) is 10.2. The molecule has 25 heavy (non-hydrogen) atoms. The quantitative estimate of drug-likeness (QED) is 0.708. The minimum Gasteiger partial charge on any atom is -0.311 e. The van der Waals surface area contributed by atoms with Gasteiger partial charge >= 0.3 is 0 Å². The number of benzene rings is 1. The van der Waals surface area contributed by atoms with Crippen LogP contribution in [0.5, 0.6) is 0 Å². The van der Waals surface area contributed by atoms with Crippen LogP contribution in [0.1, 0.15) is 17.7 Å². The van der Waals surface area contributed by atoms with Gasteiger partial charge in [0, 0.05) is 35.6 Å². The number of carbonyl (C=O) groups excluding carboxylic acids is 1. The smallest absolute Gasteiger partial charge is 0.258 e. The summed E-state index contributed by atoms with van der Waals surface area (Å²) in [5.41, 5.74) is 2.93. The standard InChI is InChI=1S/C18H17N3O2S2/c22-16-10-14(19-18-21(16)8-9-25-18)11-24-12-17(23)20-7-3-5-13-4-1-2-6-15(13)20/h1-2,4,6,8-10H,3,5,7,11-12H2. The molecular weight excluding hydrogens is 354 g/mol. The second-order valence-electron chi connectivity index (χ2n) is 5.91. The molecule has 5 nitrogen and oxygen atoms in total. The molecule has 1 aromatic carbocycles. The number of anilines is 1. The molecular formula is C18H17N3O2S2. The molecule has 2 aromatic heterocycles. The summed E-state index contributed by atoms with van der Waals surface area (Å²) in [6.45, 7) is 0.775. The van der Waals surface area contributed by atoms with Gasteiger partial charge in [-0.1, -0.05) is 18.2 Å². The van der Waals surface area contributed by atoms with Crippen molar-refractivity contribution in [3.05, 3.63) is 63.5 Å². The van der Waals surface area contributed by atoms with E-state index in [2.05, 4.69) is 11.1 Å². The number of para-hydroxylation sites is 1. The number of rotatable bonds is 4. The molecule has 7 heteroatoms. The third kappa shape index (κ3) is 3.34. The largest absolute Gasteiger partial charge is 0.311 e. The van der Waals surface area contributed by atoms with Crippen LogP contribution in [0.4, 0.5) is 5.69 Å². The third-order valence-corrected chi connectivity index (χ3v) is 5.95. The Kier molecular flexibility index (Phi) is 4.59. The van der Waals surface area contributed by atoms with E-state index >= 15 is 0 Å². The van der Waals surface area contributed by atoms with Crippen molar-refractivity contribution in [2.45, 2.75) is 18.6 Å². The van der Waals surface area contributed by atoms with E-state index in [1.807, 2.05) is 28.5 Å². The Morgan fingerprint density at radius 3 is 3.12 bits per heavy atom. The Hall–Kier alpha value is -2.12. The number of carbonyl (C=O) groups is 1. The van der Waals surface area contributed by atoms with E-state index < -0.39 is 0 Å². The molecule has 0 atom stereocenters.